The SMILES string of the molecule is CCN(CC)CCCNc1nc(NCCc2ccccc2)nc(NC23CCCC4CC(CC4C2)C3)n1. The monoisotopic (exact) mass is 491 g/mol. The summed E-state index contributed by atoms with van der Waals surface area (Å²) < 4.78 is 0. The van der Waals surface area contributed by atoms with Gasteiger partial charge in [0.2, 0.25) is 17.8 Å². The number of hydrogen-bond acceptors (Lipinski definition) is 7. The lowest BCUT2D eigenvalue weighted by Crippen LogP contribution is -2.43. The summed E-state index contributed by atoms with van der Waals surface area (Å²) in [6, 6.07) is 10.6. The maximum atomic E-state index is 4.86. The minimum Gasteiger partial charge on any atom is -0.354 e. The molecule has 0 saturated heterocycles. The molecule has 0 spiro atoms. The number of nitrogens with one attached hydrogen (secondary N) is 3. The molecule has 2 aromatic rings. The lowest BCUT2D eigenvalue weighted by Gasteiger charge is -2.41. The van der Waals surface area contributed by atoms with Crippen LogP contribution in [0.5, 0.6) is 0 Å². The lowest BCUT2D eigenvalue weighted by atomic mass is 9.73. The van der Waals surface area contributed by atoms with Gasteiger partial charge in [-0.3, -0.25) is 0 Å². The van der Waals surface area contributed by atoms with Crippen LogP contribution in [0.1, 0.15) is 70.8 Å². The molecule has 0 amide bonds. The van der Waals surface area contributed by atoms with E-state index in [-0.39, 0.29) is 5.54 Å². The quantitative estimate of drug-likeness (QED) is 0.322. The van der Waals surface area contributed by atoms with E-state index < -0.39 is 0 Å². The molecular weight excluding hydrogens is 446 g/mol. The molecule has 36 heavy (non-hydrogen) atoms. The summed E-state index contributed by atoms with van der Waals surface area (Å²) in [6.45, 7) is 9.38. The number of nitrogens with zero attached hydrogens (tertiary/aromatic N) is 4. The van der Waals surface area contributed by atoms with Crippen LogP contribution in [0, 0.1) is 17.8 Å². The van der Waals surface area contributed by atoms with Gasteiger partial charge in [0.25, 0.3) is 0 Å². The Hall–Kier alpha value is -2.41. The van der Waals surface area contributed by atoms with E-state index in [9.17, 15) is 0 Å². The second kappa shape index (κ2) is 11.8. The van der Waals surface area contributed by atoms with E-state index in [1.54, 1.807) is 0 Å². The Morgan fingerprint density at radius 2 is 1.61 bits per heavy atom. The highest BCUT2D eigenvalue weighted by Crippen LogP contribution is 2.55. The van der Waals surface area contributed by atoms with Crippen molar-refractivity contribution in [2.45, 2.75) is 77.2 Å². The Bertz CT molecular complexity index is 963. The average molecular weight is 492 g/mol. The highest BCUT2D eigenvalue weighted by Gasteiger charge is 2.49. The number of rotatable bonds is 13. The number of anilines is 3. The maximum absolute atomic E-state index is 4.86. The Morgan fingerprint density at radius 3 is 2.39 bits per heavy atom. The van der Waals surface area contributed by atoms with Gasteiger partial charge >= 0.3 is 0 Å². The van der Waals surface area contributed by atoms with Gasteiger partial charge in [-0.2, -0.15) is 15.0 Å². The van der Waals surface area contributed by atoms with Crippen molar-refractivity contribution in [3.05, 3.63) is 35.9 Å². The predicted octanol–water partition coefficient (Wildman–Crippen LogP) is 5.44. The fourth-order valence-corrected chi connectivity index (χ4v) is 7.15. The molecule has 7 heteroatoms. The van der Waals surface area contributed by atoms with Gasteiger partial charge in [0.15, 0.2) is 0 Å². The number of benzene rings is 1. The molecule has 7 nitrogen and oxygen atoms in total. The van der Waals surface area contributed by atoms with Crippen molar-refractivity contribution >= 4 is 17.8 Å². The summed E-state index contributed by atoms with van der Waals surface area (Å²) in [6.07, 6.45) is 11.4. The first-order chi connectivity index (χ1) is 17.6. The summed E-state index contributed by atoms with van der Waals surface area (Å²) >= 11 is 0. The first kappa shape index (κ1) is 25.2. The molecule has 3 fully saturated rings. The molecule has 0 aliphatic heterocycles. The first-order valence-corrected chi connectivity index (χ1v) is 14.4. The molecule has 4 unspecified atom stereocenters. The molecule has 3 aliphatic rings. The summed E-state index contributed by atoms with van der Waals surface area (Å²) in [5, 5.41) is 10.8. The van der Waals surface area contributed by atoms with Gasteiger partial charge in [-0.15, -0.1) is 0 Å². The zero-order valence-electron chi connectivity index (χ0n) is 22.3. The zero-order valence-corrected chi connectivity index (χ0v) is 22.3. The van der Waals surface area contributed by atoms with Crippen molar-refractivity contribution in [3.63, 3.8) is 0 Å². The Labute approximate surface area is 217 Å². The normalized spacial score (nSPS) is 26.7. The van der Waals surface area contributed by atoms with Crippen molar-refractivity contribution in [2.75, 3.05) is 48.7 Å². The number of fused-ring (bicyclic) bond motifs is 2. The molecule has 3 saturated carbocycles. The van der Waals surface area contributed by atoms with E-state index in [2.05, 4.69) is 65.0 Å². The highest BCUT2D eigenvalue weighted by molar-refractivity contribution is 5.44. The number of hydrogen-bond donors (Lipinski definition) is 3. The predicted molar refractivity (Wildman–Crippen MR) is 149 cm³/mol. The minimum absolute atomic E-state index is 0.154. The van der Waals surface area contributed by atoms with Crippen molar-refractivity contribution in [1.82, 2.24) is 19.9 Å². The van der Waals surface area contributed by atoms with Crippen LogP contribution in [0.2, 0.25) is 0 Å². The molecule has 1 aromatic heterocycles. The Balaban J connectivity index is 1.27. The van der Waals surface area contributed by atoms with Gasteiger partial charge < -0.3 is 20.9 Å². The molecular formula is C29H45N7. The molecule has 3 bridgehead atoms. The van der Waals surface area contributed by atoms with E-state index in [1.165, 1.54) is 50.5 Å². The molecule has 1 aromatic carbocycles. The number of aromatic nitrogens is 3. The van der Waals surface area contributed by atoms with Crippen molar-refractivity contribution in [2.24, 2.45) is 17.8 Å². The summed E-state index contributed by atoms with van der Waals surface area (Å²) in [4.78, 5) is 16.9. The molecule has 1 heterocycles. The van der Waals surface area contributed by atoms with Crippen LogP contribution in [0.15, 0.2) is 30.3 Å². The molecule has 5 rings (SSSR count). The fraction of sp³-hybridized carbons (Fsp3) is 0.690. The van der Waals surface area contributed by atoms with Gasteiger partial charge in [0.1, 0.15) is 0 Å². The van der Waals surface area contributed by atoms with Crippen LogP contribution >= 0.6 is 0 Å². The fourth-order valence-electron chi connectivity index (χ4n) is 7.15. The molecule has 3 aliphatic carbocycles. The van der Waals surface area contributed by atoms with Crippen molar-refractivity contribution in [3.8, 4) is 0 Å². The van der Waals surface area contributed by atoms with Gasteiger partial charge in [-0.05, 0) is 87.9 Å². The van der Waals surface area contributed by atoms with Crippen LogP contribution in [0.25, 0.3) is 0 Å². The van der Waals surface area contributed by atoms with E-state index >= 15 is 0 Å². The van der Waals surface area contributed by atoms with Crippen molar-refractivity contribution < 1.29 is 0 Å². The van der Waals surface area contributed by atoms with Crippen LogP contribution in [-0.4, -0.2) is 58.1 Å². The zero-order chi connectivity index (χ0) is 24.8. The molecule has 3 N–H and O–H groups in total. The third-order valence-corrected chi connectivity index (χ3v) is 8.88. The summed E-state index contributed by atoms with van der Waals surface area (Å²) in [5.41, 5.74) is 1.47. The largest absolute Gasteiger partial charge is 0.354 e. The van der Waals surface area contributed by atoms with E-state index in [0.717, 1.165) is 69.3 Å². The molecule has 4 atom stereocenters. The maximum Gasteiger partial charge on any atom is 0.229 e. The Morgan fingerprint density at radius 1 is 0.889 bits per heavy atom. The third kappa shape index (κ3) is 6.28. The van der Waals surface area contributed by atoms with Gasteiger partial charge in [0, 0.05) is 18.6 Å². The average Bonchev–Trinajstić information content (AvgIpc) is 3.11. The smallest absolute Gasteiger partial charge is 0.229 e. The van der Waals surface area contributed by atoms with E-state index in [1.807, 2.05) is 0 Å². The minimum atomic E-state index is 0.154. The van der Waals surface area contributed by atoms with E-state index in [4.69, 9.17) is 15.0 Å². The first-order valence-electron chi connectivity index (χ1n) is 14.4. The van der Waals surface area contributed by atoms with Crippen LogP contribution in [-0.2, 0) is 6.42 Å². The summed E-state index contributed by atoms with van der Waals surface area (Å²) in [5.74, 6) is 4.80. The highest BCUT2D eigenvalue weighted by atomic mass is 15.3. The second-order valence-corrected chi connectivity index (χ2v) is 11.3. The molecule has 0 radical (unpaired) electrons. The lowest BCUT2D eigenvalue weighted by molar-refractivity contribution is 0.230. The third-order valence-electron chi connectivity index (χ3n) is 8.88. The molecule has 196 valence electrons. The van der Waals surface area contributed by atoms with E-state index in [0.29, 0.717) is 11.9 Å². The van der Waals surface area contributed by atoms with Crippen LogP contribution < -0.4 is 16.0 Å². The topological polar surface area (TPSA) is 78.0 Å². The second-order valence-electron chi connectivity index (χ2n) is 11.3. The van der Waals surface area contributed by atoms with Crippen LogP contribution in [0.4, 0.5) is 17.8 Å². The van der Waals surface area contributed by atoms with Gasteiger partial charge in [0.05, 0.1) is 0 Å². The van der Waals surface area contributed by atoms with Gasteiger partial charge in [-0.25, -0.2) is 0 Å². The van der Waals surface area contributed by atoms with Crippen molar-refractivity contribution in [1.29, 1.82) is 0 Å². The Kier molecular flexibility index (Phi) is 8.25. The van der Waals surface area contributed by atoms with Crippen LogP contribution in [0.3, 0.4) is 0 Å². The summed E-state index contributed by atoms with van der Waals surface area (Å²) in [7, 11) is 0. The standard InChI is InChI=1S/C29H45N7/c1-3-36(4-2)17-9-15-30-26-32-27(31-16-13-22-10-6-5-7-11-22)34-28(33-26)35-29-14-8-12-24-18-23(20-29)19-25(24)21-29/h5-7,10-11,23-25H,3-4,8-9,12-21H2,1-2H3,(H3,30,31,32,33,34,35). The van der Waals surface area contributed by atoms with Gasteiger partial charge in [-0.1, -0.05) is 57.0 Å².